The molecule has 146 valence electrons. The summed E-state index contributed by atoms with van der Waals surface area (Å²) in [5.74, 6) is 2.20. The normalized spacial score (nSPS) is 10.7. The van der Waals surface area contributed by atoms with Gasteiger partial charge in [-0.25, -0.2) is 9.48 Å². The highest BCUT2D eigenvalue weighted by Gasteiger charge is 2.10. The van der Waals surface area contributed by atoms with Crippen molar-refractivity contribution in [3.63, 3.8) is 0 Å². The average Bonchev–Trinajstić information content (AvgIpc) is 3.28. The molecule has 0 saturated heterocycles. The van der Waals surface area contributed by atoms with Gasteiger partial charge in [0.05, 0.1) is 0 Å². The summed E-state index contributed by atoms with van der Waals surface area (Å²) in [6.07, 6.45) is 0. The van der Waals surface area contributed by atoms with E-state index in [4.69, 9.17) is 0 Å². The molecular weight excluding hydrogens is 370 g/mol. The van der Waals surface area contributed by atoms with Gasteiger partial charge >= 0.3 is 6.03 Å². The second-order valence-electron chi connectivity index (χ2n) is 6.49. The molecule has 0 spiro atoms. The van der Waals surface area contributed by atoms with Crippen molar-refractivity contribution in [2.45, 2.75) is 6.92 Å². The molecular formula is C19H19N9O. The Kier molecular flexibility index (Phi) is 4.73. The monoisotopic (exact) mass is 389 g/mol. The van der Waals surface area contributed by atoms with E-state index in [2.05, 4.69) is 36.4 Å². The van der Waals surface area contributed by atoms with E-state index in [1.54, 1.807) is 23.9 Å². The highest BCUT2D eigenvalue weighted by atomic mass is 16.2. The third kappa shape index (κ3) is 3.81. The van der Waals surface area contributed by atoms with E-state index in [0.29, 0.717) is 17.2 Å². The number of carbonyl (C=O) groups is 1. The Bertz CT molecular complexity index is 1160. The van der Waals surface area contributed by atoms with Crippen molar-refractivity contribution in [2.75, 3.05) is 10.6 Å². The number of rotatable bonds is 4. The Hall–Kier alpha value is -4.08. The summed E-state index contributed by atoms with van der Waals surface area (Å²) >= 11 is 0. The molecule has 0 atom stereocenters. The number of hydrogen-bond donors (Lipinski definition) is 2. The Balaban J connectivity index is 1.44. The lowest BCUT2D eigenvalue weighted by atomic mass is 10.2. The number of urea groups is 1. The summed E-state index contributed by atoms with van der Waals surface area (Å²) in [5.41, 5.74) is 3.03. The van der Waals surface area contributed by atoms with Crippen LogP contribution in [0.1, 0.15) is 5.82 Å². The molecule has 10 heteroatoms. The third-order valence-corrected chi connectivity index (χ3v) is 4.49. The van der Waals surface area contributed by atoms with Gasteiger partial charge in [-0.3, -0.25) is 0 Å². The molecule has 10 nitrogen and oxygen atoms in total. The first-order chi connectivity index (χ1) is 14.0. The van der Waals surface area contributed by atoms with Gasteiger partial charge in [0.2, 0.25) is 0 Å². The van der Waals surface area contributed by atoms with Crippen LogP contribution in [-0.4, -0.2) is 41.0 Å². The third-order valence-electron chi connectivity index (χ3n) is 4.49. The Morgan fingerprint density at radius 2 is 1.62 bits per heavy atom. The number of aryl methyl sites for hydroxylation is 2. The second kappa shape index (κ2) is 7.50. The fourth-order valence-electron chi connectivity index (χ4n) is 2.86. The number of benzene rings is 2. The molecule has 0 aliphatic heterocycles. The first-order valence-corrected chi connectivity index (χ1v) is 8.88. The molecule has 0 aliphatic carbocycles. The van der Waals surface area contributed by atoms with Crippen LogP contribution in [0.4, 0.5) is 16.2 Å². The van der Waals surface area contributed by atoms with Crippen molar-refractivity contribution < 1.29 is 4.79 Å². The molecule has 0 aliphatic rings. The number of carbonyl (C=O) groups excluding carboxylic acids is 1. The maximum Gasteiger partial charge on any atom is 0.323 e. The number of tetrazole rings is 1. The van der Waals surface area contributed by atoms with E-state index < -0.39 is 0 Å². The highest BCUT2D eigenvalue weighted by molar-refractivity contribution is 6.00. The zero-order valence-electron chi connectivity index (χ0n) is 16.2. The van der Waals surface area contributed by atoms with E-state index in [1.807, 2.05) is 54.9 Å². The fraction of sp³-hybridized carbons (Fsp3) is 0.158. The predicted octanol–water partition coefficient (Wildman–Crippen LogP) is 2.63. The molecule has 2 aromatic carbocycles. The molecule has 0 radical (unpaired) electrons. The van der Waals surface area contributed by atoms with Crippen molar-refractivity contribution in [1.82, 2.24) is 35.0 Å². The van der Waals surface area contributed by atoms with Crippen LogP contribution < -0.4 is 10.6 Å². The van der Waals surface area contributed by atoms with Crippen LogP contribution in [-0.2, 0) is 14.1 Å². The minimum absolute atomic E-state index is 0.343. The zero-order chi connectivity index (χ0) is 20.4. The molecule has 29 heavy (non-hydrogen) atoms. The molecule has 0 bridgehead atoms. The van der Waals surface area contributed by atoms with Gasteiger partial charge in [-0.2, -0.15) is 0 Å². The standard InChI is InChI=1S/C19H19N9O/c1-12-22-23-17(27(12)2)14-5-4-6-16(11-14)21-19(29)20-15-9-7-13(8-10-15)18-24-25-26-28(18)3/h4-11H,1-3H3,(H2,20,21,29). The summed E-state index contributed by atoms with van der Waals surface area (Å²) in [4.78, 5) is 12.4. The van der Waals surface area contributed by atoms with Gasteiger partial charge in [0, 0.05) is 36.6 Å². The number of aromatic nitrogens is 7. The van der Waals surface area contributed by atoms with Crippen LogP contribution in [0.3, 0.4) is 0 Å². The Morgan fingerprint density at radius 1 is 0.862 bits per heavy atom. The average molecular weight is 389 g/mol. The van der Waals surface area contributed by atoms with Crippen LogP contribution in [0.5, 0.6) is 0 Å². The van der Waals surface area contributed by atoms with Crippen molar-refractivity contribution in [3.8, 4) is 22.8 Å². The van der Waals surface area contributed by atoms with Crippen LogP contribution in [0.15, 0.2) is 48.5 Å². The minimum Gasteiger partial charge on any atom is -0.314 e. The summed E-state index contributed by atoms with van der Waals surface area (Å²) in [5, 5.41) is 25.3. The number of hydrogen-bond acceptors (Lipinski definition) is 6. The molecule has 0 fully saturated rings. The SMILES string of the molecule is Cc1nnc(-c2cccc(NC(=O)Nc3ccc(-c4nnnn4C)cc3)c2)n1C. The van der Waals surface area contributed by atoms with Crippen LogP contribution >= 0.6 is 0 Å². The fourth-order valence-corrected chi connectivity index (χ4v) is 2.86. The first kappa shape index (κ1) is 18.3. The van der Waals surface area contributed by atoms with E-state index in [1.165, 1.54) is 0 Å². The van der Waals surface area contributed by atoms with E-state index in [0.717, 1.165) is 22.8 Å². The van der Waals surface area contributed by atoms with Gasteiger partial charge in [0.25, 0.3) is 0 Å². The van der Waals surface area contributed by atoms with Crippen molar-refractivity contribution in [1.29, 1.82) is 0 Å². The summed E-state index contributed by atoms with van der Waals surface area (Å²) in [6, 6.07) is 14.4. The van der Waals surface area contributed by atoms with Crippen molar-refractivity contribution in [2.24, 2.45) is 14.1 Å². The molecule has 4 aromatic rings. The van der Waals surface area contributed by atoms with E-state index in [-0.39, 0.29) is 6.03 Å². The summed E-state index contributed by atoms with van der Waals surface area (Å²) in [6.45, 7) is 1.89. The lowest BCUT2D eigenvalue weighted by Crippen LogP contribution is -2.19. The van der Waals surface area contributed by atoms with E-state index >= 15 is 0 Å². The molecule has 2 aromatic heterocycles. The van der Waals surface area contributed by atoms with Crippen molar-refractivity contribution >= 4 is 17.4 Å². The number of amides is 2. The van der Waals surface area contributed by atoms with Gasteiger partial charge in [0.1, 0.15) is 5.82 Å². The molecule has 2 N–H and O–H groups in total. The lowest BCUT2D eigenvalue weighted by molar-refractivity contribution is 0.262. The topological polar surface area (TPSA) is 115 Å². The molecule has 0 unspecified atom stereocenters. The minimum atomic E-state index is -0.343. The smallest absolute Gasteiger partial charge is 0.314 e. The van der Waals surface area contributed by atoms with Gasteiger partial charge in [-0.15, -0.1) is 15.3 Å². The van der Waals surface area contributed by atoms with Gasteiger partial charge in [-0.05, 0) is 53.7 Å². The summed E-state index contributed by atoms with van der Waals surface area (Å²) in [7, 11) is 3.67. The number of anilines is 2. The van der Waals surface area contributed by atoms with Gasteiger partial charge in [0.15, 0.2) is 11.6 Å². The van der Waals surface area contributed by atoms with Gasteiger partial charge < -0.3 is 15.2 Å². The summed E-state index contributed by atoms with van der Waals surface area (Å²) < 4.78 is 3.48. The Labute approximate surface area is 166 Å². The lowest BCUT2D eigenvalue weighted by Gasteiger charge is -2.09. The maximum atomic E-state index is 12.4. The number of nitrogens with one attached hydrogen (secondary N) is 2. The van der Waals surface area contributed by atoms with Crippen LogP contribution in [0, 0.1) is 6.92 Å². The van der Waals surface area contributed by atoms with Crippen LogP contribution in [0.25, 0.3) is 22.8 Å². The maximum absolute atomic E-state index is 12.4. The molecule has 2 amide bonds. The second-order valence-corrected chi connectivity index (χ2v) is 6.49. The zero-order valence-corrected chi connectivity index (χ0v) is 16.2. The predicted molar refractivity (Wildman–Crippen MR) is 108 cm³/mol. The Morgan fingerprint density at radius 3 is 2.28 bits per heavy atom. The number of nitrogens with zero attached hydrogens (tertiary/aromatic N) is 7. The highest BCUT2D eigenvalue weighted by Crippen LogP contribution is 2.22. The largest absolute Gasteiger partial charge is 0.323 e. The first-order valence-electron chi connectivity index (χ1n) is 8.88. The van der Waals surface area contributed by atoms with E-state index in [9.17, 15) is 4.79 Å². The van der Waals surface area contributed by atoms with Gasteiger partial charge in [-0.1, -0.05) is 12.1 Å². The molecule has 0 saturated carbocycles. The van der Waals surface area contributed by atoms with Crippen molar-refractivity contribution in [3.05, 3.63) is 54.4 Å². The molecule has 4 rings (SSSR count). The van der Waals surface area contributed by atoms with Crippen LogP contribution in [0.2, 0.25) is 0 Å². The quantitative estimate of drug-likeness (QED) is 0.554. The molecule has 2 heterocycles.